The number of anilines is 1. The molecule has 0 saturated carbocycles. The van der Waals surface area contributed by atoms with Crippen molar-refractivity contribution >= 4 is 44.8 Å². The van der Waals surface area contributed by atoms with Gasteiger partial charge in [0.05, 0.1) is 39.4 Å². The van der Waals surface area contributed by atoms with Crippen LogP contribution in [0.1, 0.15) is 31.0 Å². The lowest BCUT2D eigenvalue weighted by Gasteiger charge is -2.25. The number of aliphatic hydroxyl groups is 1. The molecular formula is C34H42ClN7O13P2. The van der Waals surface area contributed by atoms with Crippen LogP contribution in [0.15, 0.2) is 87.6 Å². The van der Waals surface area contributed by atoms with Gasteiger partial charge in [0.15, 0.2) is 30.9 Å². The van der Waals surface area contributed by atoms with Crippen LogP contribution in [0.4, 0.5) is 11.6 Å². The van der Waals surface area contributed by atoms with Crippen molar-refractivity contribution < 1.29 is 51.2 Å². The minimum absolute atomic E-state index is 0. The normalized spacial score (nSPS) is 24.6. The van der Waals surface area contributed by atoms with Crippen molar-refractivity contribution in [2.24, 2.45) is 4.99 Å². The Hall–Kier alpha value is -4.30. The van der Waals surface area contributed by atoms with Gasteiger partial charge in [-0.1, -0.05) is 43.8 Å². The topological polar surface area (TPSA) is 232 Å². The van der Waals surface area contributed by atoms with Gasteiger partial charge in [-0.25, -0.2) is 19.1 Å². The second-order valence-corrected chi connectivity index (χ2v) is 15.3. The van der Waals surface area contributed by atoms with Crippen molar-refractivity contribution in [3.05, 3.63) is 105 Å². The number of benzene rings is 2. The molecule has 4 unspecified atom stereocenters. The average Bonchev–Trinajstić information content (AvgIpc) is 3.87. The molecule has 6 atom stereocenters. The highest BCUT2D eigenvalue weighted by molar-refractivity contribution is 7.76. The fraction of sp³-hybridized carbons (Fsp3) is 0.382. The van der Waals surface area contributed by atoms with E-state index in [9.17, 15) is 14.2 Å². The molecule has 3 N–H and O–H groups in total. The monoisotopic (exact) mass is 853 g/mol. The molecule has 0 amide bonds. The van der Waals surface area contributed by atoms with Gasteiger partial charge < -0.3 is 48.3 Å². The lowest BCUT2D eigenvalue weighted by atomic mass is 10.2. The highest BCUT2D eigenvalue weighted by Gasteiger charge is 2.37. The van der Waals surface area contributed by atoms with Crippen molar-refractivity contribution in [2.45, 2.75) is 45.7 Å². The molecule has 308 valence electrons. The summed E-state index contributed by atoms with van der Waals surface area (Å²) in [5.41, 5.74) is 6.28. The molecule has 23 heteroatoms. The zero-order valence-electron chi connectivity index (χ0n) is 29.9. The molecular weight excluding hydrogens is 812 g/mol. The first kappa shape index (κ1) is 43.8. The number of hydrogen-bond acceptors (Lipinski definition) is 17. The average molecular weight is 854 g/mol. The first-order valence-electron chi connectivity index (χ1n) is 16.8. The lowest BCUT2D eigenvalue weighted by Crippen LogP contribution is -2.28. The van der Waals surface area contributed by atoms with E-state index in [1.807, 2.05) is 50.5 Å². The molecule has 4 aliphatic heterocycles. The first-order valence-corrected chi connectivity index (χ1v) is 20.3. The summed E-state index contributed by atoms with van der Waals surface area (Å²) in [4.78, 5) is 36.9. The first-order chi connectivity index (χ1) is 27.0. The van der Waals surface area contributed by atoms with Crippen LogP contribution in [0.25, 0.3) is 0 Å². The molecule has 6 heterocycles. The number of fused-ring (bicyclic) bond motifs is 2. The predicted octanol–water partition coefficient (Wildman–Crippen LogP) is 4.46. The van der Waals surface area contributed by atoms with Crippen LogP contribution in [0.3, 0.4) is 0 Å². The quantitative estimate of drug-likeness (QED) is 0.142. The SMILES string of the molecule is C.CN(C)C=Nc1ccn([C@@H]2COC(CO)O2)c(=O)n1.ClP1OCc2ccccc2O1.Nc1ccn([C@@H]2COC(COP3(=O)OCc4ccccc4O3)O2)c(=O)n1. The van der Waals surface area contributed by atoms with E-state index in [1.54, 1.807) is 35.6 Å². The number of hydrogen-bond donors (Lipinski definition) is 2. The summed E-state index contributed by atoms with van der Waals surface area (Å²) < 4.78 is 62.7. The summed E-state index contributed by atoms with van der Waals surface area (Å²) in [7, 11) is -1.32. The summed E-state index contributed by atoms with van der Waals surface area (Å²) in [5, 5.41) is 8.89. The summed E-state index contributed by atoms with van der Waals surface area (Å²) in [6, 6.07) is 17.9. The number of rotatable bonds is 8. The third kappa shape index (κ3) is 12.1. The number of phosphoric ester groups is 1. The molecule has 57 heavy (non-hydrogen) atoms. The fourth-order valence-electron chi connectivity index (χ4n) is 5.04. The smallest absolute Gasteiger partial charge is 0.436 e. The molecule has 2 fully saturated rings. The van der Waals surface area contributed by atoms with E-state index >= 15 is 0 Å². The van der Waals surface area contributed by atoms with Gasteiger partial charge in [-0.3, -0.25) is 18.2 Å². The molecule has 0 radical (unpaired) electrons. The molecule has 2 aromatic heterocycles. The van der Waals surface area contributed by atoms with Crippen molar-refractivity contribution in [2.75, 3.05) is 46.3 Å². The van der Waals surface area contributed by atoms with Crippen molar-refractivity contribution in [3.63, 3.8) is 0 Å². The van der Waals surface area contributed by atoms with E-state index in [-0.39, 0.29) is 46.3 Å². The second-order valence-electron chi connectivity index (χ2n) is 12.0. The Balaban J connectivity index is 0.000000175. The van der Waals surface area contributed by atoms with Gasteiger partial charge in [-0.05, 0) is 35.5 Å². The summed E-state index contributed by atoms with van der Waals surface area (Å²) in [5.74, 6) is 1.75. The van der Waals surface area contributed by atoms with Gasteiger partial charge in [0.1, 0.15) is 23.9 Å². The molecule has 4 aliphatic rings. The Labute approximate surface area is 332 Å². The lowest BCUT2D eigenvalue weighted by molar-refractivity contribution is -0.0992. The molecule has 2 aromatic carbocycles. The molecule has 2 saturated heterocycles. The van der Waals surface area contributed by atoms with Crippen molar-refractivity contribution in [3.8, 4) is 11.5 Å². The third-order valence-corrected chi connectivity index (χ3v) is 10.2. The van der Waals surface area contributed by atoms with Crippen LogP contribution in [0, 0.1) is 0 Å². The maximum absolute atomic E-state index is 12.5. The van der Waals surface area contributed by atoms with E-state index in [1.165, 1.54) is 21.4 Å². The summed E-state index contributed by atoms with van der Waals surface area (Å²) in [6.45, 7) is 0.554. The Bertz CT molecular complexity index is 2150. The van der Waals surface area contributed by atoms with E-state index < -0.39 is 52.0 Å². The highest BCUT2D eigenvalue weighted by Crippen LogP contribution is 2.54. The maximum atomic E-state index is 12.5. The van der Waals surface area contributed by atoms with Crippen molar-refractivity contribution in [1.29, 1.82) is 0 Å². The van der Waals surface area contributed by atoms with Gasteiger partial charge in [-0.15, -0.1) is 0 Å². The zero-order chi connectivity index (χ0) is 39.7. The highest BCUT2D eigenvalue weighted by atomic mass is 35.7. The Kier molecular flexibility index (Phi) is 15.7. The zero-order valence-corrected chi connectivity index (χ0v) is 32.5. The van der Waals surface area contributed by atoms with Crippen LogP contribution in [0.5, 0.6) is 11.5 Å². The molecule has 0 bridgehead atoms. The number of aliphatic imine (C=N–C) groups is 1. The number of nitrogen functional groups attached to an aromatic ring is 1. The minimum atomic E-state index is -3.76. The van der Waals surface area contributed by atoms with Crippen LogP contribution in [-0.2, 0) is 50.3 Å². The van der Waals surface area contributed by atoms with E-state index in [0.29, 0.717) is 18.2 Å². The number of halogens is 1. The van der Waals surface area contributed by atoms with Crippen LogP contribution in [-0.4, -0.2) is 88.6 Å². The summed E-state index contributed by atoms with van der Waals surface area (Å²) in [6.07, 6.45) is 1.80. The Morgan fingerprint density at radius 1 is 0.947 bits per heavy atom. The predicted molar refractivity (Wildman–Crippen MR) is 207 cm³/mol. The van der Waals surface area contributed by atoms with E-state index in [0.717, 1.165) is 16.9 Å². The molecule has 0 spiro atoms. The number of nitrogens with zero attached hydrogens (tertiary/aromatic N) is 6. The van der Waals surface area contributed by atoms with Gasteiger partial charge in [-0.2, -0.15) is 9.97 Å². The number of nitrogens with two attached hydrogens (primary N) is 1. The minimum Gasteiger partial charge on any atom is -0.436 e. The second kappa shape index (κ2) is 20.4. The van der Waals surface area contributed by atoms with Gasteiger partial charge in [0.25, 0.3) is 0 Å². The van der Waals surface area contributed by atoms with Crippen LogP contribution in [0.2, 0.25) is 0 Å². The molecule has 0 aliphatic carbocycles. The maximum Gasteiger partial charge on any atom is 0.530 e. The molecule has 4 aromatic rings. The van der Waals surface area contributed by atoms with Crippen LogP contribution >= 0.6 is 26.8 Å². The van der Waals surface area contributed by atoms with E-state index in [4.69, 9.17) is 63.6 Å². The van der Waals surface area contributed by atoms with Gasteiger partial charge in [0, 0.05) is 37.6 Å². The fourth-order valence-corrected chi connectivity index (χ4v) is 7.23. The number of ether oxygens (including phenoxy) is 4. The molecule has 20 nitrogen and oxygen atoms in total. The van der Waals surface area contributed by atoms with Crippen molar-refractivity contribution in [1.82, 2.24) is 24.0 Å². The number of phosphoric acid groups is 1. The standard InChI is InChI=1S/C15H16N3O7P.C11H16N4O4.C7H6ClO2P.CH4/c16-12-5-6-18(15(19)17-12)13-8-21-14(24-13)9-23-26(20)22-7-10-3-1-2-4-11(10)25-26;1-14(2)7-12-8-3-4-15(11(17)13-8)9-6-18-10(5-16)19-9;8-11-9-5-6-3-1-2-4-7(6)10-11;/h1-6,13-14H,7-9H2,(H2,16,17,19);3-4,7,9-10,16H,5-6H2,1-2H3;1-4H,5H2;1H4/t13-,14?,26?;9-,10?;;/m00../s1. The third-order valence-electron chi connectivity index (χ3n) is 7.72. The van der Waals surface area contributed by atoms with Gasteiger partial charge in [0.2, 0.25) is 0 Å². The number of para-hydroxylation sites is 2. The summed E-state index contributed by atoms with van der Waals surface area (Å²) >= 11 is 5.66. The Morgan fingerprint density at radius 2 is 1.56 bits per heavy atom. The van der Waals surface area contributed by atoms with Crippen LogP contribution < -0.4 is 26.2 Å². The number of aromatic nitrogens is 4. The Morgan fingerprint density at radius 3 is 2.21 bits per heavy atom. The molecule has 8 rings (SSSR count). The van der Waals surface area contributed by atoms with Gasteiger partial charge >= 0.3 is 26.9 Å². The van der Waals surface area contributed by atoms with E-state index in [2.05, 4.69) is 15.0 Å². The number of aliphatic hydroxyl groups excluding tert-OH is 1. The largest absolute Gasteiger partial charge is 0.530 e.